The number of aliphatic imine (C=N–C) groups is 1. The van der Waals surface area contributed by atoms with Gasteiger partial charge in [0.2, 0.25) is 0 Å². The number of hydrogen-bond acceptors (Lipinski definition) is 5. The van der Waals surface area contributed by atoms with E-state index in [9.17, 15) is 0 Å². The summed E-state index contributed by atoms with van der Waals surface area (Å²) in [5, 5.41) is 11.8. The SMILES string of the molecule is COCCNC(=NCc1nnc(C)n1C)N1CCN(C2CCCCC2)CC1. The van der Waals surface area contributed by atoms with E-state index < -0.39 is 0 Å². The fraction of sp³-hybridized carbons (Fsp3) is 0.842. The quantitative estimate of drug-likeness (QED) is 0.456. The summed E-state index contributed by atoms with van der Waals surface area (Å²) < 4.78 is 7.19. The van der Waals surface area contributed by atoms with Gasteiger partial charge in [-0.1, -0.05) is 19.3 Å². The van der Waals surface area contributed by atoms with Gasteiger partial charge >= 0.3 is 0 Å². The second-order valence-corrected chi connectivity index (χ2v) is 7.60. The monoisotopic (exact) mass is 377 g/mol. The lowest BCUT2D eigenvalue weighted by molar-refractivity contribution is 0.105. The Balaban J connectivity index is 1.59. The van der Waals surface area contributed by atoms with Crippen molar-refractivity contribution >= 4 is 5.96 Å². The first-order chi connectivity index (χ1) is 13.2. The molecule has 1 saturated carbocycles. The number of aromatic nitrogens is 3. The van der Waals surface area contributed by atoms with Gasteiger partial charge in [-0.3, -0.25) is 4.90 Å². The Labute approximate surface area is 163 Å². The Bertz CT molecular complexity index is 601. The number of ether oxygens (including phenoxy) is 1. The van der Waals surface area contributed by atoms with Crippen LogP contribution in [-0.4, -0.2) is 83.0 Å². The molecule has 0 radical (unpaired) electrons. The summed E-state index contributed by atoms with van der Waals surface area (Å²) in [6, 6.07) is 0.796. The minimum Gasteiger partial charge on any atom is -0.383 e. The van der Waals surface area contributed by atoms with Gasteiger partial charge in [-0.05, 0) is 19.8 Å². The molecular formula is C19H35N7O. The van der Waals surface area contributed by atoms with Gasteiger partial charge in [0, 0.05) is 52.9 Å². The summed E-state index contributed by atoms with van der Waals surface area (Å²) in [5.41, 5.74) is 0. The topological polar surface area (TPSA) is 70.8 Å². The largest absolute Gasteiger partial charge is 0.383 e. The van der Waals surface area contributed by atoms with E-state index in [1.807, 2.05) is 18.5 Å². The molecule has 1 aromatic heterocycles. The third-order valence-corrected chi connectivity index (χ3v) is 5.85. The van der Waals surface area contributed by atoms with E-state index in [1.165, 1.54) is 32.1 Å². The summed E-state index contributed by atoms with van der Waals surface area (Å²) >= 11 is 0. The molecule has 1 N–H and O–H groups in total. The van der Waals surface area contributed by atoms with Gasteiger partial charge < -0.3 is 19.5 Å². The van der Waals surface area contributed by atoms with Crippen LogP contribution in [0, 0.1) is 6.92 Å². The highest BCUT2D eigenvalue weighted by Gasteiger charge is 2.26. The van der Waals surface area contributed by atoms with E-state index in [4.69, 9.17) is 9.73 Å². The average Bonchev–Trinajstić information content (AvgIpc) is 3.03. The number of nitrogens with one attached hydrogen (secondary N) is 1. The molecule has 0 atom stereocenters. The zero-order valence-electron chi connectivity index (χ0n) is 17.2. The van der Waals surface area contributed by atoms with Gasteiger partial charge in [0.15, 0.2) is 11.8 Å². The third-order valence-electron chi connectivity index (χ3n) is 5.85. The maximum absolute atomic E-state index is 5.19. The van der Waals surface area contributed by atoms with Crippen LogP contribution in [0.1, 0.15) is 43.8 Å². The maximum atomic E-state index is 5.19. The van der Waals surface area contributed by atoms with Gasteiger partial charge in [0.1, 0.15) is 12.4 Å². The highest BCUT2D eigenvalue weighted by atomic mass is 16.5. The van der Waals surface area contributed by atoms with Crippen LogP contribution < -0.4 is 5.32 Å². The summed E-state index contributed by atoms with van der Waals surface area (Å²) in [5.74, 6) is 2.76. The molecule has 27 heavy (non-hydrogen) atoms. The van der Waals surface area contributed by atoms with E-state index in [0.29, 0.717) is 13.2 Å². The Kier molecular flexibility index (Phi) is 7.46. The molecule has 1 aliphatic heterocycles. The maximum Gasteiger partial charge on any atom is 0.194 e. The molecule has 2 heterocycles. The van der Waals surface area contributed by atoms with Crippen LogP contribution in [0.25, 0.3) is 0 Å². The normalized spacial score (nSPS) is 20.3. The number of aryl methyl sites for hydroxylation is 1. The van der Waals surface area contributed by atoms with Crippen molar-refractivity contribution in [2.45, 2.75) is 51.6 Å². The van der Waals surface area contributed by atoms with Gasteiger partial charge in [-0.25, -0.2) is 4.99 Å². The Morgan fingerprint density at radius 3 is 2.52 bits per heavy atom. The lowest BCUT2D eigenvalue weighted by Crippen LogP contribution is -2.55. The van der Waals surface area contributed by atoms with Gasteiger partial charge in [-0.2, -0.15) is 0 Å². The number of nitrogens with zero attached hydrogens (tertiary/aromatic N) is 6. The van der Waals surface area contributed by atoms with Crippen molar-refractivity contribution in [3.8, 4) is 0 Å². The minimum atomic E-state index is 0.537. The van der Waals surface area contributed by atoms with Crippen molar-refractivity contribution in [3.63, 3.8) is 0 Å². The molecule has 1 aromatic rings. The second kappa shape index (κ2) is 10.0. The van der Waals surface area contributed by atoms with Crippen molar-refractivity contribution in [1.82, 2.24) is 29.9 Å². The van der Waals surface area contributed by atoms with Crippen LogP contribution in [0.3, 0.4) is 0 Å². The van der Waals surface area contributed by atoms with Crippen LogP contribution in [0.15, 0.2) is 4.99 Å². The first kappa shape index (κ1) is 20.1. The van der Waals surface area contributed by atoms with Crippen LogP contribution in [-0.2, 0) is 18.3 Å². The molecule has 0 unspecified atom stereocenters. The molecule has 3 rings (SSSR count). The van der Waals surface area contributed by atoms with Crippen molar-refractivity contribution in [2.75, 3.05) is 46.4 Å². The molecule has 8 heteroatoms. The fourth-order valence-corrected chi connectivity index (χ4v) is 4.01. The van der Waals surface area contributed by atoms with Gasteiger partial charge in [-0.15, -0.1) is 10.2 Å². The first-order valence-electron chi connectivity index (χ1n) is 10.3. The standard InChI is InChI=1S/C19H35N7O/c1-16-22-23-18(24(16)2)15-21-19(20-9-14-27-3)26-12-10-25(11-13-26)17-7-5-4-6-8-17/h17H,4-15H2,1-3H3,(H,20,21). The summed E-state index contributed by atoms with van der Waals surface area (Å²) in [6.07, 6.45) is 6.95. The molecule has 2 fully saturated rings. The predicted molar refractivity (Wildman–Crippen MR) is 107 cm³/mol. The Hall–Kier alpha value is -1.67. The van der Waals surface area contributed by atoms with E-state index in [-0.39, 0.29) is 0 Å². The number of rotatable bonds is 6. The Morgan fingerprint density at radius 1 is 1.15 bits per heavy atom. The third kappa shape index (κ3) is 5.42. The summed E-state index contributed by atoms with van der Waals surface area (Å²) in [4.78, 5) is 9.90. The van der Waals surface area contributed by atoms with E-state index in [1.54, 1.807) is 7.11 Å². The number of piperazine rings is 1. The zero-order valence-corrected chi connectivity index (χ0v) is 17.2. The fourth-order valence-electron chi connectivity index (χ4n) is 4.01. The summed E-state index contributed by atoms with van der Waals surface area (Å²) in [6.45, 7) is 8.22. The summed E-state index contributed by atoms with van der Waals surface area (Å²) in [7, 11) is 3.71. The molecule has 0 amide bonds. The van der Waals surface area contributed by atoms with E-state index in [2.05, 4.69) is 25.3 Å². The van der Waals surface area contributed by atoms with Crippen LogP contribution in [0.4, 0.5) is 0 Å². The van der Waals surface area contributed by atoms with Gasteiger partial charge in [0.25, 0.3) is 0 Å². The predicted octanol–water partition coefficient (Wildman–Crippen LogP) is 1.17. The molecule has 0 aromatic carbocycles. The smallest absolute Gasteiger partial charge is 0.194 e. The second-order valence-electron chi connectivity index (χ2n) is 7.60. The van der Waals surface area contributed by atoms with Crippen molar-refractivity contribution in [3.05, 3.63) is 11.6 Å². The number of hydrogen-bond donors (Lipinski definition) is 1. The molecule has 8 nitrogen and oxygen atoms in total. The number of guanidine groups is 1. The molecule has 1 saturated heterocycles. The zero-order chi connectivity index (χ0) is 19.1. The van der Waals surface area contributed by atoms with Crippen molar-refractivity contribution in [1.29, 1.82) is 0 Å². The minimum absolute atomic E-state index is 0.537. The van der Waals surface area contributed by atoms with Crippen molar-refractivity contribution in [2.24, 2.45) is 12.0 Å². The highest BCUT2D eigenvalue weighted by molar-refractivity contribution is 5.80. The van der Waals surface area contributed by atoms with Gasteiger partial charge in [0.05, 0.1) is 6.61 Å². The lowest BCUT2D eigenvalue weighted by Gasteiger charge is -2.41. The number of methoxy groups -OCH3 is 1. The van der Waals surface area contributed by atoms with E-state index >= 15 is 0 Å². The lowest BCUT2D eigenvalue weighted by atomic mass is 9.94. The molecule has 2 aliphatic rings. The van der Waals surface area contributed by atoms with E-state index in [0.717, 1.165) is 56.4 Å². The molecule has 1 aliphatic carbocycles. The molecular weight excluding hydrogens is 342 g/mol. The van der Waals surface area contributed by atoms with Crippen LogP contribution in [0.5, 0.6) is 0 Å². The van der Waals surface area contributed by atoms with Crippen LogP contribution >= 0.6 is 0 Å². The molecule has 152 valence electrons. The molecule has 0 bridgehead atoms. The Morgan fingerprint density at radius 2 is 1.89 bits per heavy atom. The van der Waals surface area contributed by atoms with Crippen molar-refractivity contribution < 1.29 is 4.74 Å². The average molecular weight is 378 g/mol. The molecule has 0 spiro atoms. The first-order valence-corrected chi connectivity index (χ1v) is 10.3. The highest BCUT2D eigenvalue weighted by Crippen LogP contribution is 2.23. The van der Waals surface area contributed by atoms with Crippen LogP contribution in [0.2, 0.25) is 0 Å².